The molecule has 0 unspecified atom stereocenters. The molecular formula is C21H26BrNO3. The third kappa shape index (κ3) is 5.24. The average Bonchev–Trinajstić information content (AvgIpc) is 2.59. The summed E-state index contributed by atoms with van der Waals surface area (Å²) in [7, 11) is 3.40. The average molecular weight is 420 g/mol. The number of nitrogens with zero attached hydrogens (tertiary/aromatic N) is 1. The van der Waals surface area contributed by atoms with Crippen LogP contribution in [-0.2, 0) is 11.3 Å². The normalized spacial score (nSPS) is 10.7. The van der Waals surface area contributed by atoms with Crippen molar-refractivity contribution >= 4 is 21.8 Å². The lowest BCUT2D eigenvalue weighted by Gasteiger charge is -2.20. The van der Waals surface area contributed by atoms with E-state index < -0.39 is 0 Å². The van der Waals surface area contributed by atoms with Gasteiger partial charge in [0, 0.05) is 23.6 Å². The van der Waals surface area contributed by atoms with Crippen molar-refractivity contribution in [1.82, 2.24) is 4.90 Å². The van der Waals surface area contributed by atoms with E-state index in [9.17, 15) is 4.79 Å². The number of ether oxygens (including phenoxy) is 2. The number of aryl methyl sites for hydroxylation is 1. The van der Waals surface area contributed by atoms with E-state index in [1.807, 2.05) is 31.2 Å². The smallest absolute Gasteiger partial charge is 0.260 e. The maximum atomic E-state index is 12.5. The van der Waals surface area contributed by atoms with Crippen LogP contribution in [0.3, 0.4) is 0 Å². The van der Waals surface area contributed by atoms with Crippen molar-refractivity contribution in [3.8, 4) is 11.5 Å². The van der Waals surface area contributed by atoms with Gasteiger partial charge < -0.3 is 14.4 Å². The van der Waals surface area contributed by atoms with Gasteiger partial charge in [0.25, 0.3) is 5.91 Å². The zero-order valence-corrected chi connectivity index (χ0v) is 17.6. The summed E-state index contributed by atoms with van der Waals surface area (Å²) in [6.07, 6.45) is 0. The van der Waals surface area contributed by atoms with Crippen LogP contribution in [0.5, 0.6) is 11.5 Å². The van der Waals surface area contributed by atoms with Crippen molar-refractivity contribution in [2.24, 2.45) is 0 Å². The molecule has 0 N–H and O–H groups in total. The van der Waals surface area contributed by atoms with E-state index in [1.54, 1.807) is 19.1 Å². The highest BCUT2D eigenvalue weighted by Gasteiger charge is 2.15. The number of halogens is 1. The van der Waals surface area contributed by atoms with Crippen molar-refractivity contribution in [3.63, 3.8) is 0 Å². The Kier molecular flexibility index (Phi) is 7.09. The molecule has 0 saturated carbocycles. The number of benzene rings is 2. The van der Waals surface area contributed by atoms with E-state index >= 15 is 0 Å². The first-order valence-corrected chi connectivity index (χ1v) is 9.40. The van der Waals surface area contributed by atoms with Gasteiger partial charge in [0.05, 0.1) is 7.11 Å². The molecule has 140 valence electrons. The van der Waals surface area contributed by atoms with Crippen LogP contribution in [0, 0.1) is 6.92 Å². The minimum atomic E-state index is -0.0803. The molecule has 0 bridgehead atoms. The molecule has 2 rings (SSSR count). The molecule has 0 radical (unpaired) electrons. The summed E-state index contributed by atoms with van der Waals surface area (Å²) in [5.74, 6) is 1.80. The Hall–Kier alpha value is -2.01. The van der Waals surface area contributed by atoms with Gasteiger partial charge in [0.1, 0.15) is 11.5 Å². The Labute approximate surface area is 164 Å². The van der Waals surface area contributed by atoms with Crippen LogP contribution in [0.15, 0.2) is 40.9 Å². The van der Waals surface area contributed by atoms with Crippen LogP contribution >= 0.6 is 15.9 Å². The van der Waals surface area contributed by atoms with Crippen molar-refractivity contribution in [2.75, 3.05) is 20.8 Å². The fourth-order valence-corrected chi connectivity index (χ4v) is 3.12. The minimum Gasteiger partial charge on any atom is -0.496 e. The summed E-state index contributed by atoms with van der Waals surface area (Å²) in [4.78, 5) is 14.2. The molecule has 0 aliphatic rings. The van der Waals surface area contributed by atoms with E-state index in [0.717, 1.165) is 32.7 Å². The van der Waals surface area contributed by atoms with Gasteiger partial charge in [-0.25, -0.2) is 0 Å². The van der Waals surface area contributed by atoms with Crippen LogP contribution in [-0.4, -0.2) is 31.6 Å². The monoisotopic (exact) mass is 419 g/mol. The van der Waals surface area contributed by atoms with E-state index in [-0.39, 0.29) is 12.5 Å². The lowest BCUT2D eigenvalue weighted by atomic mass is 10.0. The van der Waals surface area contributed by atoms with Gasteiger partial charge in [-0.15, -0.1) is 0 Å². The second kappa shape index (κ2) is 9.08. The van der Waals surface area contributed by atoms with Crippen LogP contribution < -0.4 is 9.47 Å². The molecule has 1 amide bonds. The number of rotatable bonds is 7. The number of hydrogen-bond acceptors (Lipinski definition) is 3. The third-order valence-electron chi connectivity index (χ3n) is 4.22. The number of carbonyl (C=O) groups excluding carboxylic acids is 1. The van der Waals surface area contributed by atoms with E-state index in [4.69, 9.17) is 9.47 Å². The van der Waals surface area contributed by atoms with Crippen molar-refractivity contribution < 1.29 is 14.3 Å². The quantitative estimate of drug-likeness (QED) is 0.638. The van der Waals surface area contributed by atoms with Crippen molar-refractivity contribution in [3.05, 3.63) is 57.6 Å². The Balaban J connectivity index is 2.04. The molecule has 0 heterocycles. The molecule has 26 heavy (non-hydrogen) atoms. The standard InChI is InChI=1S/C21H26BrNO3/c1-14(2)18-8-6-15(3)10-20(18)26-13-21(24)23(4)12-16-11-17(22)7-9-19(16)25-5/h6-11,14H,12-13H2,1-5H3. The summed E-state index contributed by atoms with van der Waals surface area (Å²) >= 11 is 3.46. The molecule has 5 heteroatoms. The van der Waals surface area contributed by atoms with Gasteiger partial charge in [0.15, 0.2) is 6.61 Å². The van der Waals surface area contributed by atoms with Gasteiger partial charge >= 0.3 is 0 Å². The second-order valence-electron chi connectivity index (χ2n) is 6.69. The summed E-state index contributed by atoms with van der Waals surface area (Å²) in [6, 6.07) is 11.9. The molecule has 0 aliphatic carbocycles. The van der Waals surface area contributed by atoms with Crippen LogP contribution in [0.1, 0.15) is 36.5 Å². The van der Waals surface area contributed by atoms with E-state index in [2.05, 4.69) is 41.9 Å². The Morgan fingerprint density at radius 2 is 1.88 bits per heavy atom. The molecule has 2 aromatic carbocycles. The molecule has 0 saturated heterocycles. The van der Waals surface area contributed by atoms with Gasteiger partial charge in [-0.1, -0.05) is 41.9 Å². The van der Waals surface area contributed by atoms with E-state index in [1.165, 1.54) is 0 Å². The number of methoxy groups -OCH3 is 1. The maximum Gasteiger partial charge on any atom is 0.260 e. The summed E-state index contributed by atoms with van der Waals surface area (Å²) in [5, 5.41) is 0. The van der Waals surface area contributed by atoms with Crippen molar-refractivity contribution in [2.45, 2.75) is 33.2 Å². The Morgan fingerprint density at radius 1 is 1.15 bits per heavy atom. The summed E-state index contributed by atoms with van der Waals surface area (Å²) in [5.41, 5.74) is 3.17. The molecule has 0 aliphatic heterocycles. The SMILES string of the molecule is COc1ccc(Br)cc1CN(C)C(=O)COc1cc(C)ccc1C(C)C. The summed E-state index contributed by atoms with van der Waals surface area (Å²) < 4.78 is 12.2. The third-order valence-corrected chi connectivity index (χ3v) is 4.71. The first-order chi connectivity index (χ1) is 12.3. The minimum absolute atomic E-state index is 0.00991. The highest BCUT2D eigenvalue weighted by molar-refractivity contribution is 9.10. The zero-order valence-electron chi connectivity index (χ0n) is 16.0. The molecule has 0 spiro atoms. The Morgan fingerprint density at radius 3 is 2.54 bits per heavy atom. The number of carbonyl (C=O) groups is 1. The van der Waals surface area contributed by atoms with Gasteiger partial charge in [-0.2, -0.15) is 0 Å². The molecule has 4 nitrogen and oxygen atoms in total. The molecular weight excluding hydrogens is 394 g/mol. The molecule has 0 atom stereocenters. The van der Waals surface area contributed by atoms with Crippen LogP contribution in [0.4, 0.5) is 0 Å². The molecule has 0 aromatic heterocycles. The maximum absolute atomic E-state index is 12.5. The Bertz CT molecular complexity index is 774. The first kappa shape index (κ1) is 20.3. The van der Waals surface area contributed by atoms with Crippen LogP contribution in [0.2, 0.25) is 0 Å². The molecule has 2 aromatic rings. The first-order valence-electron chi connectivity index (χ1n) is 8.61. The van der Waals surface area contributed by atoms with Gasteiger partial charge in [-0.05, 0) is 48.2 Å². The van der Waals surface area contributed by atoms with Gasteiger partial charge in [-0.3, -0.25) is 4.79 Å². The largest absolute Gasteiger partial charge is 0.496 e. The van der Waals surface area contributed by atoms with E-state index in [0.29, 0.717) is 12.5 Å². The zero-order chi connectivity index (χ0) is 19.3. The fraction of sp³-hybridized carbons (Fsp3) is 0.381. The number of amides is 1. The lowest BCUT2D eigenvalue weighted by Crippen LogP contribution is -2.31. The van der Waals surface area contributed by atoms with Gasteiger partial charge in [0.2, 0.25) is 0 Å². The lowest BCUT2D eigenvalue weighted by molar-refractivity contribution is -0.132. The predicted molar refractivity (Wildman–Crippen MR) is 108 cm³/mol. The number of hydrogen-bond donors (Lipinski definition) is 0. The second-order valence-corrected chi connectivity index (χ2v) is 7.61. The predicted octanol–water partition coefficient (Wildman–Crippen LogP) is 4.93. The fourth-order valence-electron chi connectivity index (χ4n) is 2.71. The molecule has 0 fully saturated rings. The topological polar surface area (TPSA) is 38.8 Å². The van der Waals surface area contributed by atoms with Crippen molar-refractivity contribution in [1.29, 1.82) is 0 Å². The highest BCUT2D eigenvalue weighted by atomic mass is 79.9. The highest BCUT2D eigenvalue weighted by Crippen LogP contribution is 2.28. The van der Waals surface area contributed by atoms with Crippen LogP contribution in [0.25, 0.3) is 0 Å². The number of likely N-dealkylation sites (N-methyl/N-ethyl adjacent to an activating group) is 1. The summed E-state index contributed by atoms with van der Waals surface area (Å²) in [6.45, 7) is 6.71.